The van der Waals surface area contributed by atoms with Gasteiger partial charge in [0.1, 0.15) is 6.34 Å². The molecule has 0 fully saturated rings. The largest absolute Gasteiger partial charge is 0.353 e. The van der Waals surface area contributed by atoms with Gasteiger partial charge in [0.15, 0.2) is 0 Å². The molecule has 0 aliphatic heterocycles. The van der Waals surface area contributed by atoms with Crippen LogP contribution >= 0.6 is 11.6 Å². The van der Waals surface area contributed by atoms with Crippen LogP contribution in [0.1, 0.15) is 0 Å². The topological polar surface area (TPSA) is 124 Å². The molecule has 0 spiro atoms. The molecule has 0 bridgehead atoms. The number of hydrazine groups is 2. The molecule has 6 N–H and O–H groups in total. The van der Waals surface area contributed by atoms with Crippen LogP contribution in [0, 0.1) is 0 Å². The molecular formula is C21H19ClN6O2S. The van der Waals surface area contributed by atoms with Gasteiger partial charge < -0.3 is 15.8 Å². The number of anilines is 2. The van der Waals surface area contributed by atoms with Crippen molar-refractivity contribution in [1.82, 2.24) is 10.4 Å². The van der Waals surface area contributed by atoms with E-state index < -0.39 is 10.0 Å². The van der Waals surface area contributed by atoms with Gasteiger partial charge in [0.2, 0.25) is 0 Å². The van der Waals surface area contributed by atoms with Crippen LogP contribution in [0.5, 0.6) is 0 Å². The molecule has 0 saturated heterocycles. The first-order valence-corrected chi connectivity index (χ1v) is 11.0. The lowest BCUT2D eigenvalue weighted by atomic mass is 10.1. The lowest BCUT2D eigenvalue weighted by Gasteiger charge is -2.12. The van der Waals surface area contributed by atoms with Crippen molar-refractivity contribution in [3.05, 3.63) is 77.8 Å². The van der Waals surface area contributed by atoms with E-state index in [0.29, 0.717) is 10.7 Å². The first kappa shape index (κ1) is 20.7. The minimum absolute atomic E-state index is 0.0542. The van der Waals surface area contributed by atoms with Gasteiger partial charge in [0.05, 0.1) is 22.0 Å². The third kappa shape index (κ3) is 4.48. The summed E-state index contributed by atoms with van der Waals surface area (Å²) in [5.41, 5.74) is 12.8. The Kier molecular flexibility index (Phi) is 5.81. The lowest BCUT2D eigenvalue weighted by Crippen LogP contribution is -2.20. The molecule has 0 unspecified atom stereocenters. The van der Waals surface area contributed by atoms with Crippen LogP contribution in [0.2, 0.25) is 5.02 Å². The van der Waals surface area contributed by atoms with Gasteiger partial charge in [-0.05, 0) is 42.5 Å². The molecule has 0 aliphatic rings. The zero-order valence-electron chi connectivity index (χ0n) is 16.1. The van der Waals surface area contributed by atoms with E-state index in [1.165, 1.54) is 12.1 Å². The monoisotopic (exact) mass is 454 g/mol. The van der Waals surface area contributed by atoms with E-state index in [0.717, 1.165) is 34.2 Å². The summed E-state index contributed by atoms with van der Waals surface area (Å²) in [5.74, 6) is 5.03. The number of nitrogens with zero attached hydrogens (tertiary/aromatic N) is 1. The summed E-state index contributed by atoms with van der Waals surface area (Å²) >= 11 is 6.03. The van der Waals surface area contributed by atoms with Crippen molar-refractivity contribution < 1.29 is 8.42 Å². The fourth-order valence-corrected chi connectivity index (χ4v) is 4.04. The summed E-state index contributed by atoms with van der Waals surface area (Å²) in [7, 11) is -3.81. The normalized spacial score (nSPS) is 11.7. The highest BCUT2D eigenvalue weighted by molar-refractivity contribution is 7.90. The van der Waals surface area contributed by atoms with Crippen molar-refractivity contribution in [2.75, 3.05) is 10.9 Å². The maximum atomic E-state index is 12.1. The maximum absolute atomic E-state index is 12.1. The van der Waals surface area contributed by atoms with Gasteiger partial charge in [-0.15, -0.1) is 4.40 Å². The minimum atomic E-state index is -3.81. The number of hydrogen-bond donors (Lipinski definition) is 5. The Hall–Kier alpha value is -3.53. The second-order valence-corrected chi connectivity index (χ2v) is 8.65. The Bertz CT molecular complexity index is 1330. The molecular weight excluding hydrogens is 436 g/mol. The smallest absolute Gasteiger partial charge is 0.283 e. The zero-order valence-corrected chi connectivity index (χ0v) is 17.7. The Morgan fingerprint density at radius 2 is 1.65 bits per heavy atom. The van der Waals surface area contributed by atoms with E-state index >= 15 is 0 Å². The highest BCUT2D eigenvalue weighted by atomic mass is 35.5. The van der Waals surface area contributed by atoms with E-state index in [2.05, 4.69) is 25.7 Å². The third-order valence-electron chi connectivity index (χ3n) is 4.59. The van der Waals surface area contributed by atoms with Gasteiger partial charge >= 0.3 is 0 Å². The number of aromatic nitrogens is 1. The maximum Gasteiger partial charge on any atom is 0.283 e. The van der Waals surface area contributed by atoms with Crippen molar-refractivity contribution in [1.29, 1.82) is 0 Å². The number of rotatable bonds is 7. The number of fused-ring (bicyclic) bond motifs is 1. The van der Waals surface area contributed by atoms with Gasteiger partial charge in [-0.25, -0.2) is 5.84 Å². The van der Waals surface area contributed by atoms with Crippen molar-refractivity contribution >= 4 is 50.2 Å². The Morgan fingerprint density at radius 3 is 2.35 bits per heavy atom. The van der Waals surface area contributed by atoms with Gasteiger partial charge in [-0.1, -0.05) is 41.9 Å². The molecule has 0 saturated carbocycles. The van der Waals surface area contributed by atoms with E-state index in [4.69, 9.17) is 17.4 Å². The molecule has 0 amide bonds. The molecule has 4 rings (SSSR count). The molecule has 158 valence electrons. The number of nitrogens with one attached hydrogen (secondary N) is 4. The van der Waals surface area contributed by atoms with Crippen LogP contribution in [-0.4, -0.2) is 19.7 Å². The molecule has 0 radical (unpaired) electrons. The summed E-state index contributed by atoms with van der Waals surface area (Å²) in [6.45, 7) is 0. The first-order valence-electron chi connectivity index (χ1n) is 9.21. The minimum Gasteiger partial charge on any atom is -0.353 e. The summed E-state index contributed by atoms with van der Waals surface area (Å²) in [4.78, 5) is 3.48. The molecule has 0 atom stereocenters. The molecule has 31 heavy (non-hydrogen) atoms. The number of aromatic amines is 1. The fourth-order valence-electron chi connectivity index (χ4n) is 3.11. The number of hydrogen-bond acceptors (Lipinski definition) is 5. The zero-order chi connectivity index (χ0) is 21.8. The summed E-state index contributed by atoms with van der Waals surface area (Å²) < 4.78 is 27.6. The Balaban J connectivity index is 1.61. The number of halogens is 1. The average molecular weight is 455 g/mol. The van der Waals surface area contributed by atoms with Gasteiger partial charge in [0, 0.05) is 21.5 Å². The standard InChI is InChI=1S/C21H19ClN6O2S/c22-15-7-5-14(6-8-15)20-21(18-3-1-2-4-19(18)26-20)28-27-16-9-11-17(12-10-16)31(29,30)25-13-24-23/h1-13,26-28H,23H2,(H,24,25). The number of benzene rings is 3. The average Bonchev–Trinajstić information content (AvgIpc) is 3.15. The fraction of sp³-hybridized carbons (Fsp3) is 0. The number of para-hydroxylation sites is 1. The lowest BCUT2D eigenvalue weighted by molar-refractivity contribution is 0.598. The summed E-state index contributed by atoms with van der Waals surface area (Å²) in [6, 6.07) is 21.7. The van der Waals surface area contributed by atoms with Crippen LogP contribution < -0.4 is 22.1 Å². The highest BCUT2D eigenvalue weighted by Gasteiger charge is 2.14. The second kappa shape index (κ2) is 8.68. The van der Waals surface area contributed by atoms with E-state index in [-0.39, 0.29) is 4.90 Å². The van der Waals surface area contributed by atoms with Crippen LogP contribution in [0.25, 0.3) is 22.2 Å². The van der Waals surface area contributed by atoms with Crippen molar-refractivity contribution in [2.45, 2.75) is 4.90 Å². The third-order valence-corrected chi connectivity index (χ3v) is 6.09. The van der Waals surface area contributed by atoms with Crippen molar-refractivity contribution in [3.8, 4) is 11.3 Å². The molecule has 8 nitrogen and oxygen atoms in total. The highest BCUT2D eigenvalue weighted by Crippen LogP contribution is 2.35. The van der Waals surface area contributed by atoms with Gasteiger partial charge in [-0.3, -0.25) is 5.43 Å². The first-order chi connectivity index (χ1) is 15.0. The Labute approximate surface area is 184 Å². The molecule has 10 heteroatoms. The van der Waals surface area contributed by atoms with Crippen LogP contribution in [-0.2, 0) is 10.0 Å². The summed E-state index contributed by atoms with van der Waals surface area (Å²) in [6.07, 6.45) is 0.915. The van der Waals surface area contributed by atoms with Crippen LogP contribution in [0.3, 0.4) is 0 Å². The molecule has 3 aromatic carbocycles. The van der Waals surface area contributed by atoms with E-state index in [9.17, 15) is 8.42 Å². The van der Waals surface area contributed by atoms with Crippen molar-refractivity contribution in [2.24, 2.45) is 10.2 Å². The van der Waals surface area contributed by atoms with Crippen LogP contribution in [0.4, 0.5) is 11.4 Å². The van der Waals surface area contributed by atoms with Crippen LogP contribution in [0.15, 0.2) is 82.1 Å². The molecule has 4 aromatic rings. The second-order valence-electron chi connectivity index (χ2n) is 6.58. The molecule has 1 heterocycles. The number of sulfonamides is 1. The van der Waals surface area contributed by atoms with Crippen molar-refractivity contribution in [3.63, 3.8) is 0 Å². The molecule has 0 aliphatic carbocycles. The summed E-state index contributed by atoms with van der Waals surface area (Å²) in [5, 5.41) is 1.66. The number of nitrogens with two attached hydrogens (primary N) is 1. The quantitative estimate of drug-likeness (QED) is 0.124. The van der Waals surface area contributed by atoms with Gasteiger partial charge in [-0.2, -0.15) is 8.42 Å². The SMILES string of the molecule is NNC=NS(=O)(=O)c1ccc(NNc2c(-c3ccc(Cl)cc3)[nH]c3ccccc23)cc1. The predicted molar refractivity (Wildman–Crippen MR) is 125 cm³/mol. The predicted octanol–water partition coefficient (Wildman–Crippen LogP) is 4.11. The Morgan fingerprint density at radius 1 is 0.935 bits per heavy atom. The van der Waals surface area contributed by atoms with Gasteiger partial charge in [0.25, 0.3) is 10.0 Å². The van der Waals surface area contributed by atoms with E-state index in [1.807, 2.05) is 48.5 Å². The molecule has 1 aromatic heterocycles. The number of H-pyrrole nitrogens is 1. The van der Waals surface area contributed by atoms with E-state index in [1.54, 1.807) is 12.1 Å².